The number of rotatable bonds is 5. The number of nitrogens with one attached hydrogen (secondary N) is 1. The van der Waals surface area contributed by atoms with Crippen molar-refractivity contribution in [1.29, 1.82) is 5.26 Å². The van der Waals surface area contributed by atoms with Gasteiger partial charge in [-0.3, -0.25) is 9.80 Å². The van der Waals surface area contributed by atoms with Crippen molar-refractivity contribution >= 4 is 17.5 Å². The largest absolute Gasteiger partial charge is 0.457 e. The number of hydrogen-bond donors (Lipinski definition) is 2. The molecule has 2 unspecified atom stereocenters. The molecular weight excluding hydrogens is 454 g/mol. The highest BCUT2D eigenvalue weighted by Gasteiger charge is 2.46. The van der Waals surface area contributed by atoms with E-state index in [1.165, 1.54) is 6.33 Å². The van der Waals surface area contributed by atoms with Gasteiger partial charge in [0.05, 0.1) is 23.2 Å². The van der Waals surface area contributed by atoms with Gasteiger partial charge in [-0.2, -0.15) is 5.26 Å². The van der Waals surface area contributed by atoms with E-state index in [1.807, 2.05) is 67.6 Å². The van der Waals surface area contributed by atoms with Crippen molar-refractivity contribution < 1.29 is 9.53 Å². The van der Waals surface area contributed by atoms with Crippen LogP contribution < -0.4 is 20.9 Å². The zero-order valence-electron chi connectivity index (χ0n) is 20.4. The Morgan fingerprint density at radius 3 is 2.61 bits per heavy atom. The summed E-state index contributed by atoms with van der Waals surface area (Å²) in [7, 11) is 0. The van der Waals surface area contributed by atoms with Crippen molar-refractivity contribution in [2.45, 2.75) is 50.7 Å². The summed E-state index contributed by atoms with van der Waals surface area (Å²) >= 11 is 0. The van der Waals surface area contributed by atoms with Gasteiger partial charge in [0, 0.05) is 12.6 Å². The SMILES string of the molecule is C[C@H]1CC(N2NC(C)(c3ccc(Oc4ccccc4)cc3)c3c(N)ncnc32)CCN1C(=O)CC#N. The monoisotopic (exact) mass is 483 g/mol. The number of anilines is 2. The minimum absolute atomic E-state index is 0.00955. The van der Waals surface area contributed by atoms with E-state index in [2.05, 4.69) is 27.3 Å². The third-order valence-electron chi connectivity index (χ3n) is 7.10. The summed E-state index contributed by atoms with van der Waals surface area (Å²) in [6.45, 7) is 4.69. The van der Waals surface area contributed by atoms with Crippen LogP contribution in [0.2, 0.25) is 0 Å². The third kappa shape index (κ3) is 4.20. The van der Waals surface area contributed by atoms with Crippen LogP contribution in [0.15, 0.2) is 60.9 Å². The molecular formula is C27H29N7O2. The molecule has 3 atom stereocenters. The Kier molecular flexibility index (Phi) is 6.20. The Morgan fingerprint density at radius 2 is 1.92 bits per heavy atom. The Morgan fingerprint density at radius 1 is 1.19 bits per heavy atom. The maximum absolute atomic E-state index is 12.3. The first-order chi connectivity index (χ1) is 17.4. The second-order valence-electron chi connectivity index (χ2n) is 9.45. The van der Waals surface area contributed by atoms with Crippen LogP contribution in [0, 0.1) is 11.3 Å². The van der Waals surface area contributed by atoms with Crippen LogP contribution in [-0.2, 0) is 10.3 Å². The molecule has 0 spiro atoms. The molecule has 1 amide bonds. The van der Waals surface area contributed by atoms with Crippen molar-refractivity contribution in [2.75, 3.05) is 17.3 Å². The molecule has 3 N–H and O–H groups in total. The molecule has 2 aromatic carbocycles. The number of piperidine rings is 1. The topological polar surface area (TPSA) is 120 Å². The second-order valence-corrected chi connectivity index (χ2v) is 9.45. The van der Waals surface area contributed by atoms with E-state index < -0.39 is 5.54 Å². The minimum Gasteiger partial charge on any atom is -0.457 e. The molecule has 0 saturated carbocycles. The van der Waals surface area contributed by atoms with Crippen LogP contribution in [-0.4, -0.2) is 39.4 Å². The normalized spacial score (nSPS) is 23.1. The average Bonchev–Trinajstić information content (AvgIpc) is 3.20. The number of amides is 1. The molecule has 1 aromatic heterocycles. The molecule has 1 saturated heterocycles. The number of nitriles is 1. The third-order valence-corrected chi connectivity index (χ3v) is 7.10. The van der Waals surface area contributed by atoms with Gasteiger partial charge in [0.15, 0.2) is 5.82 Å². The van der Waals surface area contributed by atoms with Crippen LogP contribution in [0.25, 0.3) is 0 Å². The quantitative estimate of drug-likeness (QED) is 0.563. The molecule has 2 aliphatic heterocycles. The van der Waals surface area contributed by atoms with Gasteiger partial charge in [-0.05, 0) is 56.5 Å². The number of nitrogen functional groups attached to an aromatic ring is 1. The Bertz CT molecular complexity index is 1290. The summed E-state index contributed by atoms with van der Waals surface area (Å²) < 4.78 is 5.96. The molecule has 1 fully saturated rings. The number of para-hydroxylation sites is 1. The molecule has 0 radical (unpaired) electrons. The predicted octanol–water partition coefficient (Wildman–Crippen LogP) is 3.73. The smallest absolute Gasteiger partial charge is 0.237 e. The van der Waals surface area contributed by atoms with Crippen LogP contribution in [0.1, 0.15) is 44.2 Å². The molecule has 3 aromatic rings. The van der Waals surface area contributed by atoms with Crippen molar-refractivity contribution in [3.8, 4) is 17.6 Å². The first kappa shape index (κ1) is 23.6. The van der Waals surface area contributed by atoms with Gasteiger partial charge in [0.2, 0.25) is 5.91 Å². The summed E-state index contributed by atoms with van der Waals surface area (Å²) in [4.78, 5) is 23.0. The number of ether oxygens (including phenoxy) is 1. The first-order valence-electron chi connectivity index (χ1n) is 12.1. The van der Waals surface area contributed by atoms with E-state index in [4.69, 9.17) is 15.7 Å². The lowest BCUT2D eigenvalue weighted by molar-refractivity contribution is -0.133. The maximum Gasteiger partial charge on any atom is 0.237 e. The van der Waals surface area contributed by atoms with Crippen LogP contribution in [0.5, 0.6) is 11.5 Å². The lowest BCUT2D eigenvalue weighted by atomic mass is 9.86. The lowest BCUT2D eigenvalue weighted by Gasteiger charge is -2.42. The Labute approximate surface area is 210 Å². The summed E-state index contributed by atoms with van der Waals surface area (Å²) in [5.74, 6) is 2.58. The molecule has 5 rings (SSSR count). The van der Waals surface area contributed by atoms with E-state index >= 15 is 0 Å². The highest BCUT2D eigenvalue weighted by Crippen LogP contribution is 2.45. The minimum atomic E-state index is -0.650. The molecule has 184 valence electrons. The molecule has 0 aliphatic carbocycles. The number of nitrogens with two attached hydrogens (primary N) is 1. The summed E-state index contributed by atoms with van der Waals surface area (Å²) in [5.41, 5.74) is 11.3. The fraction of sp³-hybridized carbons (Fsp3) is 0.333. The number of carbonyl (C=O) groups is 1. The molecule has 3 heterocycles. The van der Waals surface area contributed by atoms with Gasteiger partial charge in [-0.1, -0.05) is 30.3 Å². The number of carbonyl (C=O) groups excluding carboxylic acids is 1. The van der Waals surface area contributed by atoms with Gasteiger partial charge in [0.1, 0.15) is 30.1 Å². The van der Waals surface area contributed by atoms with E-state index in [-0.39, 0.29) is 24.4 Å². The number of fused-ring (bicyclic) bond motifs is 1. The molecule has 36 heavy (non-hydrogen) atoms. The van der Waals surface area contributed by atoms with E-state index in [9.17, 15) is 4.79 Å². The fourth-order valence-corrected chi connectivity index (χ4v) is 5.28. The summed E-state index contributed by atoms with van der Waals surface area (Å²) in [6.07, 6.45) is 2.89. The standard InChI is InChI=1S/C27H29N7O2/c1-18-16-20(13-15-33(18)23(35)12-14-28)34-26-24(25(29)30-17-31-26)27(2,32-34)19-8-10-22(11-9-19)36-21-6-4-3-5-7-21/h3-11,17-18,20,32H,12-13,15-16H2,1-2H3,(H2,29,30,31)/t18-,20?,27?/m0/s1. The van der Waals surface area contributed by atoms with Crippen LogP contribution >= 0.6 is 0 Å². The molecule has 9 heteroatoms. The lowest BCUT2D eigenvalue weighted by Crippen LogP contribution is -2.56. The zero-order valence-corrected chi connectivity index (χ0v) is 20.4. The fourth-order valence-electron chi connectivity index (χ4n) is 5.28. The molecule has 9 nitrogen and oxygen atoms in total. The van der Waals surface area contributed by atoms with Crippen molar-refractivity contribution in [2.24, 2.45) is 0 Å². The first-order valence-corrected chi connectivity index (χ1v) is 12.1. The van der Waals surface area contributed by atoms with Crippen molar-refractivity contribution in [3.63, 3.8) is 0 Å². The van der Waals surface area contributed by atoms with Crippen LogP contribution in [0.3, 0.4) is 0 Å². The van der Waals surface area contributed by atoms with Gasteiger partial charge in [-0.15, -0.1) is 0 Å². The predicted molar refractivity (Wildman–Crippen MR) is 136 cm³/mol. The van der Waals surface area contributed by atoms with E-state index in [0.717, 1.165) is 41.3 Å². The maximum atomic E-state index is 12.3. The molecule has 0 bridgehead atoms. The van der Waals surface area contributed by atoms with Gasteiger partial charge < -0.3 is 15.4 Å². The van der Waals surface area contributed by atoms with E-state index in [0.29, 0.717) is 12.4 Å². The highest BCUT2D eigenvalue weighted by molar-refractivity contribution is 5.78. The van der Waals surface area contributed by atoms with Crippen molar-refractivity contribution in [3.05, 3.63) is 72.1 Å². The average molecular weight is 484 g/mol. The van der Waals surface area contributed by atoms with Crippen molar-refractivity contribution in [1.82, 2.24) is 20.3 Å². The Hall–Kier alpha value is -4.16. The number of hydrazine groups is 1. The number of likely N-dealkylation sites (tertiary alicyclic amines) is 1. The van der Waals surface area contributed by atoms with Gasteiger partial charge in [-0.25, -0.2) is 15.4 Å². The van der Waals surface area contributed by atoms with Crippen LogP contribution in [0.4, 0.5) is 11.6 Å². The number of benzene rings is 2. The number of hydrogen-bond acceptors (Lipinski definition) is 8. The zero-order chi connectivity index (χ0) is 25.3. The van der Waals surface area contributed by atoms with E-state index in [1.54, 1.807) is 4.90 Å². The number of nitrogens with zero attached hydrogens (tertiary/aromatic N) is 5. The number of aromatic nitrogens is 2. The van der Waals surface area contributed by atoms with Gasteiger partial charge >= 0.3 is 0 Å². The highest BCUT2D eigenvalue weighted by atomic mass is 16.5. The van der Waals surface area contributed by atoms with Gasteiger partial charge in [0.25, 0.3) is 0 Å². The Balaban J connectivity index is 1.41. The summed E-state index contributed by atoms with van der Waals surface area (Å²) in [6, 6.07) is 19.7. The summed E-state index contributed by atoms with van der Waals surface area (Å²) in [5, 5.41) is 11.0. The second kappa shape index (κ2) is 9.47. The molecule has 2 aliphatic rings.